The Morgan fingerprint density at radius 3 is 2.67 bits per heavy atom. The normalized spacial score (nSPS) is 37.3. The van der Waals surface area contributed by atoms with E-state index in [2.05, 4.69) is 22.9 Å². The molecule has 33 heavy (non-hydrogen) atoms. The molecule has 4 bridgehead atoms. The van der Waals surface area contributed by atoms with Gasteiger partial charge in [-0.15, -0.1) is 0 Å². The first kappa shape index (κ1) is 21.3. The lowest BCUT2D eigenvalue weighted by Crippen LogP contribution is -2.74. The molecule has 3 heterocycles. The topological polar surface area (TPSA) is 59.1 Å². The van der Waals surface area contributed by atoms with E-state index in [-0.39, 0.29) is 29.3 Å². The van der Waals surface area contributed by atoms with E-state index in [1.165, 1.54) is 0 Å². The van der Waals surface area contributed by atoms with Gasteiger partial charge in [0.1, 0.15) is 5.75 Å². The zero-order valence-electron chi connectivity index (χ0n) is 19.7. The number of likely N-dealkylation sites (N-methyl/N-ethyl adjacent to an activating group) is 1. The number of hydrogen-bond donors (Lipinski definition) is 0. The number of allylic oxidation sites excluding steroid dienone is 2. The second kappa shape index (κ2) is 7.36. The third-order valence-corrected chi connectivity index (χ3v) is 8.57. The highest BCUT2D eigenvalue weighted by atomic mass is 16.6. The van der Waals surface area contributed by atoms with Gasteiger partial charge in [-0.1, -0.05) is 29.9 Å². The summed E-state index contributed by atoms with van der Waals surface area (Å²) < 4.78 is 13.3. The monoisotopic (exact) mass is 448 g/mol. The predicted molar refractivity (Wildman–Crippen MR) is 124 cm³/mol. The molecular formula is C27H32N2O4. The van der Waals surface area contributed by atoms with Crippen LogP contribution in [0.3, 0.4) is 0 Å². The van der Waals surface area contributed by atoms with E-state index in [0.717, 1.165) is 38.3 Å². The van der Waals surface area contributed by atoms with Crippen molar-refractivity contribution < 1.29 is 19.1 Å². The number of fused-ring (bicyclic) bond motifs is 1. The van der Waals surface area contributed by atoms with Gasteiger partial charge in [0, 0.05) is 56.6 Å². The van der Waals surface area contributed by atoms with E-state index in [0.29, 0.717) is 29.9 Å². The number of Topliss-reactive ketones (excluding diaryl/α,β-unsaturated/α-hetero) is 2. The number of ether oxygens (including phenoxy) is 2. The molecule has 0 radical (unpaired) electrons. The number of ketones is 2. The Kier molecular flexibility index (Phi) is 4.74. The van der Waals surface area contributed by atoms with E-state index in [1.807, 2.05) is 44.2 Å². The largest absolute Gasteiger partial charge is 0.478 e. The Labute approximate surface area is 195 Å². The molecule has 1 saturated carbocycles. The van der Waals surface area contributed by atoms with Crippen LogP contribution in [0.5, 0.6) is 5.75 Å². The first-order chi connectivity index (χ1) is 15.9. The molecular weight excluding hydrogens is 416 g/mol. The lowest BCUT2D eigenvalue weighted by molar-refractivity contribution is -0.171. The maximum absolute atomic E-state index is 14.1. The van der Waals surface area contributed by atoms with Crippen molar-refractivity contribution in [3.63, 3.8) is 0 Å². The van der Waals surface area contributed by atoms with E-state index in [1.54, 1.807) is 0 Å². The molecule has 6 aliphatic rings. The number of rotatable bonds is 4. The van der Waals surface area contributed by atoms with Crippen LogP contribution < -0.4 is 4.74 Å². The van der Waals surface area contributed by atoms with Crippen molar-refractivity contribution in [1.82, 2.24) is 9.80 Å². The molecule has 3 fully saturated rings. The minimum absolute atomic E-state index is 0.00975. The van der Waals surface area contributed by atoms with Gasteiger partial charge < -0.3 is 19.3 Å². The number of hydrogen-bond acceptors (Lipinski definition) is 6. The lowest BCUT2D eigenvalue weighted by atomic mass is 9.49. The molecule has 1 aromatic carbocycles. The Morgan fingerprint density at radius 1 is 1.15 bits per heavy atom. The van der Waals surface area contributed by atoms with Crippen LogP contribution in [0.15, 0.2) is 47.6 Å². The van der Waals surface area contributed by atoms with E-state index in [4.69, 9.17) is 9.47 Å². The molecule has 0 N–H and O–H groups in total. The molecule has 3 aliphatic heterocycles. The molecule has 1 aromatic rings. The Balaban J connectivity index is 1.47. The predicted octanol–water partition coefficient (Wildman–Crippen LogP) is 2.74. The number of piperazine rings is 1. The fourth-order valence-corrected chi connectivity index (χ4v) is 6.82. The highest BCUT2D eigenvalue weighted by Crippen LogP contribution is 2.64. The molecule has 5 atom stereocenters. The second-order valence-electron chi connectivity index (χ2n) is 10.6. The molecule has 6 heteroatoms. The van der Waals surface area contributed by atoms with Gasteiger partial charge in [-0.2, -0.15) is 0 Å². The average molecular weight is 449 g/mol. The van der Waals surface area contributed by atoms with Crippen molar-refractivity contribution in [3.05, 3.63) is 53.1 Å². The van der Waals surface area contributed by atoms with Gasteiger partial charge in [0.2, 0.25) is 0 Å². The number of carbonyl (C=O) groups is 2. The molecule has 0 aromatic heterocycles. The summed E-state index contributed by atoms with van der Waals surface area (Å²) in [6.07, 6.45) is 4.46. The Bertz CT molecular complexity index is 1080. The van der Waals surface area contributed by atoms with Crippen molar-refractivity contribution in [2.45, 2.75) is 31.5 Å². The summed E-state index contributed by atoms with van der Waals surface area (Å²) in [5, 5.41) is 0. The summed E-state index contributed by atoms with van der Waals surface area (Å²) in [5.41, 5.74) is 0.176. The van der Waals surface area contributed by atoms with Crippen molar-refractivity contribution in [2.75, 3.05) is 46.4 Å². The second-order valence-corrected chi connectivity index (χ2v) is 10.6. The van der Waals surface area contributed by atoms with Crippen molar-refractivity contribution >= 4 is 11.6 Å². The molecule has 3 aliphatic carbocycles. The van der Waals surface area contributed by atoms with Crippen LogP contribution in [0.1, 0.15) is 30.6 Å². The van der Waals surface area contributed by atoms with Crippen LogP contribution in [0.4, 0.5) is 0 Å². The number of carbonyl (C=O) groups excluding carboxylic acids is 2. The third-order valence-electron chi connectivity index (χ3n) is 8.57. The summed E-state index contributed by atoms with van der Waals surface area (Å²) in [4.78, 5) is 32.7. The maximum Gasteiger partial charge on any atom is 0.196 e. The van der Waals surface area contributed by atoms with Gasteiger partial charge in [-0.25, -0.2) is 0 Å². The van der Waals surface area contributed by atoms with E-state index >= 15 is 0 Å². The van der Waals surface area contributed by atoms with Gasteiger partial charge >= 0.3 is 0 Å². The van der Waals surface area contributed by atoms with Gasteiger partial charge in [-0.3, -0.25) is 9.59 Å². The van der Waals surface area contributed by atoms with Crippen LogP contribution in [0.25, 0.3) is 0 Å². The molecule has 0 amide bonds. The average Bonchev–Trinajstić information content (AvgIpc) is 3.09. The quantitative estimate of drug-likeness (QED) is 0.661. The smallest absolute Gasteiger partial charge is 0.196 e. The van der Waals surface area contributed by atoms with Crippen LogP contribution in [0, 0.1) is 17.8 Å². The standard InChI is InChI=1S/C27H32N2O4/c1-17(2)8-9-26-25(31)19-14-21-24(30)18-6-4-5-7-23(18)33-27(21,26)22(16-32-26)20(19)15-29-12-10-28(3)11-13-29/h4-8,14,19-20,22H,9-13,15-16H2,1-3H3/t19-,20+,22-,26+,27-/m1/s1. The highest BCUT2D eigenvalue weighted by molar-refractivity contribution is 6.16. The molecule has 1 spiro atoms. The van der Waals surface area contributed by atoms with Gasteiger partial charge in [0.15, 0.2) is 22.8 Å². The minimum atomic E-state index is -1.13. The van der Waals surface area contributed by atoms with Crippen LogP contribution in [0.2, 0.25) is 0 Å². The van der Waals surface area contributed by atoms with Crippen LogP contribution in [-0.4, -0.2) is 78.9 Å². The molecule has 174 valence electrons. The van der Waals surface area contributed by atoms with Crippen molar-refractivity contribution in [1.29, 1.82) is 0 Å². The molecule has 0 unspecified atom stereocenters. The van der Waals surface area contributed by atoms with Crippen molar-refractivity contribution in [2.24, 2.45) is 17.8 Å². The van der Waals surface area contributed by atoms with Crippen molar-refractivity contribution in [3.8, 4) is 5.75 Å². The maximum atomic E-state index is 14.1. The SMILES string of the molecule is CC(C)=CC[C@@]12OC[C@@H]3[C@@H](CN4CCN(C)CC4)[C@@H](C=C4C(=O)c5ccccc5O[C@]431)C2=O. The minimum Gasteiger partial charge on any atom is -0.478 e. The third kappa shape index (κ3) is 2.77. The summed E-state index contributed by atoms with van der Waals surface area (Å²) in [5.74, 6) is 0.404. The lowest BCUT2D eigenvalue weighted by Gasteiger charge is -2.58. The van der Waals surface area contributed by atoms with E-state index in [9.17, 15) is 9.59 Å². The number of para-hydroxylation sites is 1. The van der Waals surface area contributed by atoms with Gasteiger partial charge in [0.25, 0.3) is 0 Å². The van der Waals surface area contributed by atoms with Gasteiger partial charge in [-0.05, 0) is 38.9 Å². The zero-order chi connectivity index (χ0) is 23.0. The Hall–Kier alpha value is -2.28. The van der Waals surface area contributed by atoms with Crippen LogP contribution >= 0.6 is 0 Å². The zero-order valence-corrected chi connectivity index (χ0v) is 19.7. The Morgan fingerprint density at radius 2 is 1.91 bits per heavy atom. The summed E-state index contributed by atoms with van der Waals surface area (Å²) in [6, 6.07) is 7.43. The summed E-state index contributed by atoms with van der Waals surface area (Å²) >= 11 is 0. The molecule has 7 rings (SSSR count). The fourth-order valence-electron chi connectivity index (χ4n) is 6.82. The first-order valence-corrected chi connectivity index (χ1v) is 12.1. The highest BCUT2D eigenvalue weighted by Gasteiger charge is 2.79. The first-order valence-electron chi connectivity index (χ1n) is 12.1. The summed E-state index contributed by atoms with van der Waals surface area (Å²) in [6.45, 7) is 9.40. The van der Waals surface area contributed by atoms with Gasteiger partial charge in [0.05, 0.1) is 12.2 Å². The number of nitrogens with zero attached hydrogens (tertiary/aromatic N) is 2. The fraction of sp³-hybridized carbons (Fsp3) is 0.556. The van der Waals surface area contributed by atoms with Crippen LogP contribution in [-0.2, 0) is 9.53 Å². The molecule has 6 nitrogen and oxygen atoms in total. The molecule has 2 saturated heterocycles. The number of benzene rings is 1. The summed E-state index contributed by atoms with van der Waals surface area (Å²) in [7, 11) is 2.15. The van der Waals surface area contributed by atoms with E-state index < -0.39 is 11.2 Å².